The summed E-state index contributed by atoms with van der Waals surface area (Å²) in [5.41, 5.74) is 6.67. The first kappa shape index (κ1) is 19.8. The van der Waals surface area contributed by atoms with Crippen LogP contribution >= 0.6 is 0 Å². The first-order chi connectivity index (χ1) is 13.4. The van der Waals surface area contributed by atoms with Crippen molar-refractivity contribution in [2.24, 2.45) is 5.10 Å². The lowest BCUT2D eigenvalue weighted by Gasteiger charge is -2.13. The minimum atomic E-state index is -0.112. The van der Waals surface area contributed by atoms with Crippen LogP contribution in [0.3, 0.4) is 0 Å². The van der Waals surface area contributed by atoms with Crippen molar-refractivity contribution >= 4 is 17.5 Å². The van der Waals surface area contributed by atoms with Crippen molar-refractivity contribution in [3.63, 3.8) is 0 Å². The van der Waals surface area contributed by atoms with Crippen molar-refractivity contribution in [3.05, 3.63) is 70.3 Å². The number of amides is 2. The molecule has 0 saturated heterocycles. The number of carbonyl (C=O) groups excluding carboxylic acids is 2. The lowest BCUT2D eigenvalue weighted by Crippen LogP contribution is -2.28. The van der Waals surface area contributed by atoms with Gasteiger partial charge in [0, 0.05) is 25.8 Å². The number of rotatable bonds is 6. The maximum absolute atomic E-state index is 12.4. The average Bonchev–Trinajstić information content (AvgIpc) is 3.16. The molecule has 0 spiro atoms. The Labute approximate surface area is 166 Å². The highest BCUT2D eigenvalue weighted by Crippen LogP contribution is 2.17. The smallest absolute Gasteiger partial charge is 0.243 e. The third-order valence-electron chi connectivity index (χ3n) is 5.07. The molecule has 28 heavy (non-hydrogen) atoms. The van der Waals surface area contributed by atoms with E-state index in [0.717, 1.165) is 23.3 Å². The Bertz CT molecular complexity index is 880. The van der Waals surface area contributed by atoms with Gasteiger partial charge < -0.3 is 5.32 Å². The Kier molecular flexibility index (Phi) is 6.24. The van der Waals surface area contributed by atoms with Gasteiger partial charge in [-0.25, -0.2) is 5.01 Å². The van der Waals surface area contributed by atoms with Gasteiger partial charge in [0.1, 0.15) is 0 Å². The van der Waals surface area contributed by atoms with Crippen LogP contribution in [0.2, 0.25) is 0 Å². The summed E-state index contributed by atoms with van der Waals surface area (Å²) in [7, 11) is 0. The van der Waals surface area contributed by atoms with Crippen molar-refractivity contribution in [1.82, 2.24) is 10.3 Å². The fourth-order valence-corrected chi connectivity index (χ4v) is 3.58. The summed E-state index contributed by atoms with van der Waals surface area (Å²) in [6.45, 7) is 7.25. The van der Waals surface area contributed by atoms with Gasteiger partial charge in [-0.1, -0.05) is 48.0 Å². The summed E-state index contributed by atoms with van der Waals surface area (Å²) in [4.78, 5) is 24.6. The number of nitrogens with one attached hydrogen (secondary N) is 1. The van der Waals surface area contributed by atoms with Crippen LogP contribution in [0.5, 0.6) is 0 Å². The molecule has 146 valence electrons. The van der Waals surface area contributed by atoms with Crippen LogP contribution in [-0.2, 0) is 16.1 Å². The molecule has 0 bridgehead atoms. The molecule has 2 aromatic rings. The van der Waals surface area contributed by atoms with E-state index in [1.165, 1.54) is 21.7 Å². The molecule has 1 aliphatic rings. The van der Waals surface area contributed by atoms with E-state index in [0.29, 0.717) is 13.1 Å². The summed E-state index contributed by atoms with van der Waals surface area (Å²) >= 11 is 0. The highest BCUT2D eigenvalue weighted by Gasteiger charge is 2.21. The zero-order chi connectivity index (χ0) is 20.1. The van der Waals surface area contributed by atoms with Gasteiger partial charge in [0.05, 0.1) is 12.3 Å². The van der Waals surface area contributed by atoms with Gasteiger partial charge in [-0.15, -0.1) is 0 Å². The number of aryl methyl sites for hydroxylation is 3. The summed E-state index contributed by atoms with van der Waals surface area (Å²) in [6.07, 6.45) is 1.09. The average molecular weight is 377 g/mol. The molecule has 1 N–H and O–H groups in total. The molecule has 0 aromatic heterocycles. The molecule has 5 nitrogen and oxygen atoms in total. The molecule has 0 radical (unpaired) electrons. The highest BCUT2D eigenvalue weighted by atomic mass is 16.2. The Balaban J connectivity index is 1.49. The summed E-state index contributed by atoms with van der Waals surface area (Å²) < 4.78 is 0. The lowest BCUT2D eigenvalue weighted by atomic mass is 10.00. The lowest BCUT2D eigenvalue weighted by molar-refractivity contribution is -0.133. The van der Waals surface area contributed by atoms with Gasteiger partial charge in [-0.05, 0) is 43.0 Å². The van der Waals surface area contributed by atoms with Gasteiger partial charge >= 0.3 is 0 Å². The molecule has 1 aliphatic heterocycles. The predicted molar refractivity (Wildman–Crippen MR) is 111 cm³/mol. The fourth-order valence-electron chi connectivity index (χ4n) is 3.58. The zero-order valence-electron chi connectivity index (χ0n) is 16.8. The maximum Gasteiger partial charge on any atom is 0.243 e. The molecule has 2 amide bonds. The second-order valence-corrected chi connectivity index (χ2v) is 7.33. The molecule has 1 heterocycles. The van der Waals surface area contributed by atoms with Crippen LogP contribution in [0.25, 0.3) is 0 Å². The van der Waals surface area contributed by atoms with Crippen LogP contribution in [0.15, 0.2) is 47.6 Å². The molecule has 0 fully saturated rings. The predicted octanol–water partition coefficient (Wildman–Crippen LogP) is 3.64. The van der Waals surface area contributed by atoms with Gasteiger partial charge in [-0.3, -0.25) is 9.59 Å². The third-order valence-corrected chi connectivity index (χ3v) is 5.07. The van der Waals surface area contributed by atoms with Crippen molar-refractivity contribution in [2.45, 2.75) is 46.6 Å². The van der Waals surface area contributed by atoms with Crippen LogP contribution in [0.1, 0.15) is 47.1 Å². The van der Waals surface area contributed by atoms with Crippen molar-refractivity contribution < 1.29 is 9.59 Å². The molecule has 0 atom stereocenters. The third kappa shape index (κ3) is 4.85. The molecular weight excluding hydrogens is 350 g/mol. The van der Waals surface area contributed by atoms with Crippen molar-refractivity contribution in [2.75, 3.05) is 6.54 Å². The van der Waals surface area contributed by atoms with Crippen LogP contribution < -0.4 is 5.32 Å². The van der Waals surface area contributed by atoms with Crippen LogP contribution in [0.4, 0.5) is 0 Å². The second-order valence-electron chi connectivity index (χ2n) is 7.33. The van der Waals surface area contributed by atoms with E-state index < -0.39 is 0 Å². The van der Waals surface area contributed by atoms with Crippen molar-refractivity contribution in [3.8, 4) is 0 Å². The molecule has 2 aromatic carbocycles. The van der Waals surface area contributed by atoms with Crippen LogP contribution in [-0.4, -0.2) is 29.1 Å². The van der Waals surface area contributed by atoms with Gasteiger partial charge in [0.2, 0.25) is 11.8 Å². The van der Waals surface area contributed by atoms with Crippen molar-refractivity contribution in [1.29, 1.82) is 0 Å². The highest BCUT2D eigenvalue weighted by molar-refractivity contribution is 6.02. The van der Waals surface area contributed by atoms with E-state index in [4.69, 9.17) is 0 Å². The molecule has 3 rings (SSSR count). The van der Waals surface area contributed by atoms with E-state index in [2.05, 4.69) is 43.3 Å². The van der Waals surface area contributed by atoms with Gasteiger partial charge in [-0.2, -0.15) is 5.10 Å². The number of nitrogens with zero attached hydrogens (tertiary/aromatic N) is 2. The minimum Gasteiger partial charge on any atom is -0.352 e. The Hall–Kier alpha value is -2.95. The topological polar surface area (TPSA) is 61.8 Å². The molecular formula is C23H27N3O2. The first-order valence-corrected chi connectivity index (χ1v) is 9.70. The summed E-state index contributed by atoms with van der Waals surface area (Å²) in [5.74, 6) is -0.219. The molecule has 5 heteroatoms. The number of hydrogen-bond donors (Lipinski definition) is 1. The Morgan fingerprint density at radius 2 is 1.71 bits per heavy atom. The van der Waals surface area contributed by atoms with E-state index in [9.17, 15) is 9.59 Å². The standard InChI is InChI=1S/C23H27N3O2/c1-16-13-17(2)20(18(3)14-16)15-24-22(27)9-10-23(28)26-12-11-21(25-26)19-7-5-4-6-8-19/h4-8,13-14H,9-12,15H2,1-3H3,(H,24,27). The van der Waals surface area contributed by atoms with E-state index in [1.54, 1.807) is 0 Å². The summed E-state index contributed by atoms with van der Waals surface area (Å²) in [6, 6.07) is 14.1. The summed E-state index contributed by atoms with van der Waals surface area (Å²) in [5, 5.41) is 8.86. The maximum atomic E-state index is 12.4. The van der Waals surface area contributed by atoms with E-state index in [-0.39, 0.29) is 24.7 Å². The van der Waals surface area contributed by atoms with E-state index >= 15 is 0 Å². The number of benzene rings is 2. The minimum absolute atomic E-state index is 0.108. The zero-order valence-corrected chi connectivity index (χ0v) is 16.8. The van der Waals surface area contributed by atoms with Gasteiger partial charge in [0.25, 0.3) is 0 Å². The number of hydrogen-bond acceptors (Lipinski definition) is 3. The molecule has 0 aliphatic carbocycles. The first-order valence-electron chi connectivity index (χ1n) is 9.70. The molecule has 0 unspecified atom stereocenters. The van der Waals surface area contributed by atoms with E-state index in [1.807, 2.05) is 30.3 Å². The Morgan fingerprint density at radius 1 is 1.04 bits per heavy atom. The number of hydrazone groups is 1. The fraction of sp³-hybridized carbons (Fsp3) is 0.348. The second kappa shape index (κ2) is 8.83. The van der Waals surface area contributed by atoms with Gasteiger partial charge in [0.15, 0.2) is 0 Å². The largest absolute Gasteiger partial charge is 0.352 e. The normalized spacial score (nSPS) is 13.4. The SMILES string of the molecule is Cc1cc(C)c(CNC(=O)CCC(=O)N2CCC(c3ccccc3)=N2)c(C)c1. The van der Waals surface area contributed by atoms with Crippen LogP contribution in [0, 0.1) is 20.8 Å². The number of carbonyl (C=O) groups is 2. The Morgan fingerprint density at radius 3 is 2.39 bits per heavy atom. The molecule has 0 saturated carbocycles. The monoisotopic (exact) mass is 377 g/mol. The quantitative estimate of drug-likeness (QED) is 0.835.